The van der Waals surface area contributed by atoms with E-state index in [1.54, 1.807) is 7.11 Å². The summed E-state index contributed by atoms with van der Waals surface area (Å²) in [5, 5.41) is 8.73. The van der Waals surface area contributed by atoms with Crippen molar-refractivity contribution in [3.05, 3.63) is 41.5 Å². The summed E-state index contributed by atoms with van der Waals surface area (Å²) in [5.41, 5.74) is 6.98. The van der Waals surface area contributed by atoms with Gasteiger partial charge in [-0.2, -0.15) is 0 Å². The van der Waals surface area contributed by atoms with Gasteiger partial charge in [-0.15, -0.1) is 10.2 Å². The summed E-state index contributed by atoms with van der Waals surface area (Å²) in [6.45, 7) is 3.19. The standard InChI is InChI=1S/C20H28N6O2/c1-24-18(22-23-20(24)15-9-16(21)10-15)12-25-6-7-26(19(27)13-25)11-14-4-3-5-17(8-14)28-2/h3-5,8,15-16H,6-7,9-13,21H2,1-2H3. The Kier molecular flexibility index (Phi) is 5.32. The molecule has 0 unspecified atom stereocenters. The normalized spacial score (nSPS) is 23.0. The van der Waals surface area contributed by atoms with Crippen molar-refractivity contribution in [3.63, 3.8) is 0 Å². The molecule has 0 bridgehead atoms. The summed E-state index contributed by atoms with van der Waals surface area (Å²) in [7, 11) is 3.66. The minimum absolute atomic E-state index is 0.140. The van der Waals surface area contributed by atoms with Crippen molar-refractivity contribution in [2.45, 2.75) is 37.9 Å². The fraction of sp³-hybridized carbons (Fsp3) is 0.550. The average Bonchev–Trinajstić information content (AvgIpc) is 3.01. The van der Waals surface area contributed by atoms with Gasteiger partial charge in [-0.25, -0.2) is 0 Å². The highest BCUT2D eigenvalue weighted by atomic mass is 16.5. The molecule has 1 amide bonds. The molecule has 2 fully saturated rings. The molecule has 8 heteroatoms. The second kappa shape index (κ2) is 7.89. The van der Waals surface area contributed by atoms with Gasteiger partial charge in [0.25, 0.3) is 0 Å². The topological polar surface area (TPSA) is 89.5 Å². The average molecular weight is 384 g/mol. The van der Waals surface area contributed by atoms with E-state index in [1.807, 2.05) is 36.2 Å². The second-order valence-electron chi connectivity index (χ2n) is 7.84. The third kappa shape index (κ3) is 3.88. The highest BCUT2D eigenvalue weighted by Gasteiger charge is 2.32. The molecule has 2 heterocycles. The SMILES string of the molecule is COc1cccc(CN2CCN(Cc3nnc(C4CC(N)C4)n3C)CC2=O)c1. The summed E-state index contributed by atoms with van der Waals surface area (Å²) >= 11 is 0. The molecule has 8 nitrogen and oxygen atoms in total. The van der Waals surface area contributed by atoms with Crippen molar-refractivity contribution in [3.8, 4) is 5.75 Å². The van der Waals surface area contributed by atoms with Crippen LogP contribution in [0.15, 0.2) is 24.3 Å². The van der Waals surface area contributed by atoms with E-state index in [9.17, 15) is 4.79 Å². The maximum Gasteiger partial charge on any atom is 0.237 e. The van der Waals surface area contributed by atoms with Crippen molar-refractivity contribution in [2.75, 3.05) is 26.7 Å². The zero-order chi connectivity index (χ0) is 19.7. The largest absolute Gasteiger partial charge is 0.497 e. The number of ether oxygens (including phenoxy) is 1. The molecule has 1 aliphatic heterocycles. The quantitative estimate of drug-likeness (QED) is 0.795. The van der Waals surface area contributed by atoms with Crippen LogP contribution in [0.1, 0.15) is 36.0 Å². The van der Waals surface area contributed by atoms with Crippen molar-refractivity contribution >= 4 is 5.91 Å². The molecule has 2 aliphatic rings. The van der Waals surface area contributed by atoms with E-state index in [0.29, 0.717) is 38.1 Å². The lowest BCUT2D eigenvalue weighted by molar-refractivity contribution is -0.136. The van der Waals surface area contributed by atoms with Crippen molar-refractivity contribution < 1.29 is 9.53 Å². The lowest BCUT2D eigenvalue weighted by Gasteiger charge is -2.34. The van der Waals surface area contributed by atoms with Gasteiger partial charge in [-0.1, -0.05) is 12.1 Å². The van der Waals surface area contributed by atoms with Crippen LogP contribution < -0.4 is 10.5 Å². The maximum atomic E-state index is 12.6. The molecule has 4 rings (SSSR count). The molecule has 150 valence electrons. The summed E-state index contributed by atoms with van der Waals surface area (Å²) in [5.74, 6) is 3.29. The molecular weight excluding hydrogens is 356 g/mol. The molecule has 1 saturated carbocycles. The number of methoxy groups -OCH3 is 1. The number of hydrogen-bond donors (Lipinski definition) is 1. The number of aromatic nitrogens is 3. The van der Waals surface area contributed by atoms with Crippen LogP contribution in [0.3, 0.4) is 0 Å². The van der Waals surface area contributed by atoms with E-state index < -0.39 is 0 Å². The van der Waals surface area contributed by atoms with Gasteiger partial charge in [-0.3, -0.25) is 9.69 Å². The Bertz CT molecular complexity index is 845. The Morgan fingerprint density at radius 3 is 2.75 bits per heavy atom. The summed E-state index contributed by atoms with van der Waals surface area (Å²) in [6.07, 6.45) is 1.96. The number of piperazine rings is 1. The van der Waals surface area contributed by atoms with Crippen molar-refractivity contribution in [2.24, 2.45) is 12.8 Å². The molecule has 1 aromatic carbocycles. The Morgan fingerprint density at radius 1 is 1.21 bits per heavy atom. The number of benzene rings is 1. The minimum Gasteiger partial charge on any atom is -0.497 e. The number of hydrogen-bond acceptors (Lipinski definition) is 6. The highest BCUT2D eigenvalue weighted by Crippen LogP contribution is 2.34. The first kappa shape index (κ1) is 18.9. The van der Waals surface area contributed by atoms with Crippen LogP contribution in [0, 0.1) is 0 Å². The summed E-state index contributed by atoms with van der Waals surface area (Å²) in [6, 6.07) is 8.16. The fourth-order valence-electron chi connectivity index (χ4n) is 3.99. The van der Waals surface area contributed by atoms with Crippen LogP contribution in [-0.4, -0.2) is 63.3 Å². The van der Waals surface area contributed by atoms with Gasteiger partial charge in [-0.05, 0) is 30.5 Å². The zero-order valence-electron chi connectivity index (χ0n) is 16.5. The molecule has 1 saturated heterocycles. The van der Waals surface area contributed by atoms with E-state index in [-0.39, 0.29) is 5.91 Å². The van der Waals surface area contributed by atoms with E-state index in [0.717, 1.165) is 42.3 Å². The molecule has 28 heavy (non-hydrogen) atoms. The van der Waals surface area contributed by atoms with Gasteiger partial charge >= 0.3 is 0 Å². The summed E-state index contributed by atoms with van der Waals surface area (Å²) < 4.78 is 7.34. The lowest BCUT2D eigenvalue weighted by atomic mass is 9.80. The number of carbonyl (C=O) groups excluding carboxylic acids is 1. The third-order valence-corrected chi connectivity index (χ3v) is 5.81. The Balaban J connectivity index is 1.33. The highest BCUT2D eigenvalue weighted by molar-refractivity contribution is 5.79. The molecular formula is C20H28N6O2. The van der Waals surface area contributed by atoms with Gasteiger partial charge in [0.15, 0.2) is 0 Å². The Morgan fingerprint density at radius 2 is 2.04 bits per heavy atom. The first-order valence-electron chi connectivity index (χ1n) is 9.80. The molecule has 0 atom stereocenters. The predicted octanol–water partition coefficient (Wildman–Crippen LogP) is 0.873. The minimum atomic E-state index is 0.140. The van der Waals surface area contributed by atoms with Crippen molar-refractivity contribution in [1.82, 2.24) is 24.6 Å². The molecule has 1 aromatic heterocycles. The maximum absolute atomic E-state index is 12.6. The molecule has 0 radical (unpaired) electrons. The van der Waals surface area contributed by atoms with Crippen LogP contribution in [0.2, 0.25) is 0 Å². The van der Waals surface area contributed by atoms with Crippen LogP contribution in [-0.2, 0) is 24.9 Å². The van der Waals surface area contributed by atoms with Gasteiger partial charge in [0.1, 0.15) is 17.4 Å². The molecule has 2 aromatic rings. The number of rotatable bonds is 6. The molecule has 0 spiro atoms. The molecule has 1 aliphatic carbocycles. The van der Waals surface area contributed by atoms with E-state index in [1.165, 1.54) is 0 Å². The van der Waals surface area contributed by atoms with Gasteiger partial charge in [0.2, 0.25) is 5.91 Å². The van der Waals surface area contributed by atoms with Crippen LogP contribution in [0.25, 0.3) is 0 Å². The van der Waals surface area contributed by atoms with E-state index in [4.69, 9.17) is 10.5 Å². The first-order valence-corrected chi connectivity index (χ1v) is 9.80. The third-order valence-electron chi connectivity index (χ3n) is 5.81. The van der Waals surface area contributed by atoms with Crippen molar-refractivity contribution in [1.29, 1.82) is 0 Å². The lowest BCUT2D eigenvalue weighted by Crippen LogP contribution is -2.49. The van der Waals surface area contributed by atoms with E-state index in [2.05, 4.69) is 19.7 Å². The first-order chi connectivity index (χ1) is 13.5. The van der Waals surface area contributed by atoms with Crippen LogP contribution >= 0.6 is 0 Å². The second-order valence-corrected chi connectivity index (χ2v) is 7.84. The number of nitrogens with zero attached hydrogens (tertiary/aromatic N) is 5. The van der Waals surface area contributed by atoms with Gasteiger partial charge in [0, 0.05) is 38.6 Å². The smallest absolute Gasteiger partial charge is 0.237 e. The van der Waals surface area contributed by atoms with Gasteiger partial charge < -0.3 is 19.9 Å². The number of nitrogens with two attached hydrogens (primary N) is 1. The Labute approximate surface area is 165 Å². The zero-order valence-corrected chi connectivity index (χ0v) is 16.5. The predicted molar refractivity (Wildman–Crippen MR) is 105 cm³/mol. The van der Waals surface area contributed by atoms with Crippen LogP contribution in [0.4, 0.5) is 0 Å². The molecule has 2 N–H and O–H groups in total. The number of carbonyl (C=O) groups is 1. The summed E-state index contributed by atoms with van der Waals surface area (Å²) in [4.78, 5) is 16.7. The fourth-order valence-corrected chi connectivity index (χ4v) is 3.99. The van der Waals surface area contributed by atoms with Crippen LogP contribution in [0.5, 0.6) is 5.75 Å². The van der Waals surface area contributed by atoms with Gasteiger partial charge in [0.05, 0.1) is 20.2 Å². The Hall–Kier alpha value is -2.45. The van der Waals surface area contributed by atoms with E-state index >= 15 is 0 Å². The monoisotopic (exact) mass is 384 g/mol. The number of amides is 1.